The van der Waals surface area contributed by atoms with Crippen LogP contribution in [0.15, 0.2) is 184 Å². The lowest BCUT2D eigenvalue weighted by atomic mass is 10.0. The molecule has 0 amide bonds. The van der Waals surface area contributed by atoms with Crippen molar-refractivity contribution in [2.45, 2.75) is 6.17 Å². The largest absolute Gasteiger partial charge is 0.456 e. The van der Waals surface area contributed by atoms with Crippen molar-refractivity contribution in [3.8, 4) is 16.8 Å². The van der Waals surface area contributed by atoms with Crippen LogP contribution in [0.2, 0.25) is 0 Å². The number of furan rings is 1. The highest BCUT2D eigenvalue weighted by Gasteiger charge is 2.23. The number of hydrogen-bond acceptors (Lipinski definition) is 4. The lowest BCUT2D eigenvalue weighted by molar-refractivity contribution is 0.669. The summed E-state index contributed by atoms with van der Waals surface area (Å²) in [5, 5.41) is 8.30. The Morgan fingerprint density at radius 2 is 1.18 bits per heavy atom. The molecule has 1 aliphatic rings. The van der Waals surface area contributed by atoms with E-state index in [1.165, 1.54) is 16.3 Å². The first-order valence-electron chi connectivity index (χ1n) is 16.9. The summed E-state index contributed by atoms with van der Waals surface area (Å²) < 4.78 is 8.53. The van der Waals surface area contributed by atoms with Gasteiger partial charge >= 0.3 is 0 Å². The molecule has 0 fully saturated rings. The van der Waals surface area contributed by atoms with Crippen molar-refractivity contribution in [2.75, 3.05) is 0 Å². The van der Waals surface area contributed by atoms with Crippen LogP contribution in [0, 0.1) is 0 Å². The molecule has 7 aromatic carbocycles. The molecule has 0 bridgehead atoms. The number of amidine groups is 2. The predicted molar refractivity (Wildman–Crippen MR) is 205 cm³/mol. The van der Waals surface area contributed by atoms with Crippen molar-refractivity contribution in [2.24, 2.45) is 9.98 Å². The molecular weight excluding hydrogens is 613 g/mol. The maximum absolute atomic E-state index is 6.18. The van der Waals surface area contributed by atoms with E-state index >= 15 is 0 Å². The van der Waals surface area contributed by atoms with E-state index in [0.717, 1.165) is 66.7 Å². The molecule has 0 saturated carbocycles. The smallest absolute Gasteiger partial charge is 0.159 e. The van der Waals surface area contributed by atoms with Crippen LogP contribution in [0.4, 0.5) is 0 Å². The van der Waals surface area contributed by atoms with Gasteiger partial charge in [0, 0.05) is 38.4 Å². The standard InChI is InChI=1S/C45H30N4O/c1-3-12-29(13-4-1)31-16-11-17-32(26-31)44-46-43(30-14-5-2-6-15-30)47-45(48-44)33-22-24-36-35-18-7-9-20-39(35)49(40(36)27-33)34-23-25-42-38(28-34)37-19-8-10-21-41(37)50-42/h1-28,44H,(H,46,47,48). The fourth-order valence-electron chi connectivity index (χ4n) is 7.25. The minimum absolute atomic E-state index is 0.320. The van der Waals surface area contributed by atoms with Gasteiger partial charge in [-0.3, -0.25) is 0 Å². The van der Waals surface area contributed by atoms with Gasteiger partial charge in [-0.2, -0.15) is 0 Å². The Kier molecular flexibility index (Phi) is 6.49. The van der Waals surface area contributed by atoms with E-state index in [1.807, 2.05) is 36.4 Å². The molecule has 0 spiro atoms. The number of hydrogen-bond donors (Lipinski definition) is 1. The van der Waals surface area contributed by atoms with Gasteiger partial charge in [-0.1, -0.05) is 127 Å². The number of rotatable bonds is 5. The molecule has 236 valence electrons. The monoisotopic (exact) mass is 642 g/mol. The van der Waals surface area contributed by atoms with E-state index < -0.39 is 0 Å². The van der Waals surface area contributed by atoms with Crippen molar-refractivity contribution < 1.29 is 4.42 Å². The Balaban J connectivity index is 1.13. The van der Waals surface area contributed by atoms with E-state index in [2.05, 4.69) is 143 Å². The number of para-hydroxylation sites is 2. The summed E-state index contributed by atoms with van der Waals surface area (Å²) in [6.45, 7) is 0. The lowest BCUT2D eigenvalue weighted by Crippen LogP contribution is -2.33. The molecule has 1 unspecified atom stereocenters. The van der Waals surface area contributed by atoms with Gasteiger partial charge in [0.05, 0.1) is 11.0 Å². The second-order valence-corrected chi connectivity index (χ2v) is 12.7. The molecule has 50 heavy (non-hydrogen) atoms. The highest BCUT2D eigenvalue weighted by Crippen LogP contribution is 2.36. The summed E-state index contributed by atoms with van der Waals surface area (Å²) in [7, 11) is 0. The molecule has 1 atom stereocenters. The fraction of sp³-hybridized carbons (Fsp3) is 0.0222. The van der Waals surface area contributed by atoms with Crippen molar-refractivity contribution in [3.05, 3.63) is 187 Å². The minimum Gasteiger partial charge on any atom is -0.456 e. The van der Waals surface area contributed by atoms with E-state index in [0.29, 0.717) is 5.84 Å². The molecule has 9 aromatic rings. The molecule has 3 heterocycles. The third kappa shape index (κ3) is 4.71. The van der Waals surface area contributed by atoms with Crippen LogP contribution in [-0.2, 0) is 0 Å². The Morgan fingerprint density at radius 1 is 0.480 bits per heavy atom. The van der Waals surface area contributed by atoms with Crippen LogP contribution >= 0.6 is 0 Å². The van der Waals surface area contributed by atoms with Crippen LogP contribution in [0.1, 0.15) is 22.9 Å². The van der Waals surface area contributed by atoms with Gasteiger partial charge in [0.15, 0.2) is 5.84 Å². The third-order valence-electron chi connectivity index (χ3n) is 9.65. The highest BCUT2D eigenvalue weighted by atomic mass is 16.3. The number of nitrogens with zero attached hydrogens (tertiary/aromatic N) is 3. The van der Waals surface area contributed by atoms with Crippen LogP contribution in [0.3, 0.4) is 0 Å². The zero-order chi connectivity index (χ0) is 33.0. The first kappa shape index (κ1) is 28.3. The second kappa shape index (κ2) is 11.5. The number of nitrogens with one attached hydrogen (secondary N) is 1. The maximum atomic E-state index is 6.18. The van der Waals surface area contributed by atoms with Gasteiger partial charge in [-0.25, -0.2) is 9.98 Å². The zero-order valence-corrected chi connectivity index (χ0v) is 27.0. The number of fused-ring (bicyclic) bond motifs is 6. The Bertz CT molecular complexity index is 2790. The van der Waals surface area contributed by atoms with Gasteiger partial charge in [-0.05, 0) is 59.2 Å². The Morgan fingerprint density at radius 3 is 2.04 bits per heavy atom. The Labute approximate surface area is 288 Å². The minimum atomic E-state index is -0.320. The van der Waals surface area contributed by atoms with Crippen LogP contribution < -0.4 is 5.32 Å². The van der Waals surface area contributed by atoms with Gasteiger partial charge in [0.25, 0.3) is 0 Å². The predicted octanol–water partition coefficient (Wildman–Crippen LogP) is 10.8. The Hall–Kier alpha value is -6.72. The molecule has 1 aliphatic heterocycles. The van der Waals surface area contributed by atoms with Crippen LogP contribution in [-0.4, -0.2) is 16.2 Å². The average Bonchev–Trinajstić information content (AvgIpc) is 3.73. The molecular formula is C45H30N4O. The first-order chi connectivity index (χ1) is 24.8. The topological polar surface area (TPSA) is 54.8 Å². The summed E-state index contributed by atoms with van der Waals surface area (Å²) in [6.07, 6.45) is -0.320. The van der Waals surface area contributed by atoms with Crippen molar-refractivity contribution >= 4 is 55.4 Å². The first-order valence-corrected chi connectivity index (χ1v) is 16.9. The van der Waals surface area contributed by atoms with Gasteiger partial charge < -0.3 is 14.3 Å². The molecule has 10 rings (SSSR count). The van der Waals surface area contributed by atoms with Crippen LogP contribution in [0.25, 0.3) is 60.6 Å². The molecule has 5 heteroatoms. The molecule has 1 N–H and O–H groups in total. The van der Waals surface area contributed by atoms with Gasteiger partial charge in [-0.15, -0.1) is 0 Å². The van der Waals surface area contributed by atoms with Crippen LogP contribution in [0.5, 0.6) is 0 Å². The summed E-state index contributed by atoms with van der Waals surface area (Å²) in [6, 6.07) is 59.2. The zero-order valence-electron chi connectivity index (χ0n) is 27.0. The third-order valence-corrected chi connectivity index (χ3v) is 9.65. The van der Waals surface area contributed by atoms with Gasteiger partial charge in [0.2, 0.25) is 0 Å². The molecule has 2 aromatic heterocycles. The number of benzene rings is 7. The number of aromatic nitrogens is 1. The molecule has 0 aliphatic carbocycles. The SMILES string of the molecule is c1ccc(C2=NC(c3cccc(-c4ccccc4)c3)NC(c3ccc4c5ccccc5n(-c5ccc6oc7ccccc7c6c5)c4c3)=N2)cc1. The normalized spacial score (nSPS) is 14.6. The second-order valence-electron chi connectivity index (χ2n) is 12.7. The molecule has 0 saturated heterocycles. The van der Waals surface area contributed by atoms with Gasteiger partial charge in [0.1, 0.15) is 23.2 Å². The maximum Gasteiger partial charge on any atom is 0.159 e. The lowest BCUT2D eigenvalue weighted by Gasteiger charge is -2.24. The van der Waals surface area contributed by atoms with E-state index in [-0.39, 0.29) is 6.17 Å². The summed E-state index contributed by atoms with van der Waals surface area (Å²) in [4.78, 5) is 10.3. The number of aliphatic imine (C=N–C) groups is 2. The van der Waals surface area contributed by atoms with Crippen molar-refractivity contribution in [1.29, 1.82) is 0 Å². The highest BCUT2D eigenvalue weighted by molar-refractivity contribution is 6.16. The van der Waals surface area contributed by atoms with E-state index in [4.69, 9.17) is 14.4 Å². The van der Waals surface area contributed by atoms with Crippen molar-refractivity contribution in [1.82, 2.24) is 9.88 Å². The summed E-state index contributed by atoms with van der Waals surface area (Å²) in [5.74, 6) is 1.48. The average molecular weight is 643 g/mol. The van der Waals surface area contributed by atoms with E-state index in [1.54, 1.807) is 0 Å². The summed E-state index contributed by atoms with van der Waals surface area (Å²) in [5.41, 5.74) is 10.5. The molecule has 5 nitrogen and oxygen atoms in total. The quantitative estimate of drug-likeness (QED) is 0.203. The van der Waals surface area contributed by atoms with Crippen molar-refractivity contribution in [3.63, 3.8) is 0 Å². The summed E-state index contributed by atoms with van der Waals surface area (Å²) >= 11 is 0. The van der Waals surface area contributed by atoms with E-state index in [9.17, 15) is 0 Å². The fourth-order valence-corrected chi connectivity index (χ4v) is 7.25. The molecule has 0 radical (unpaired) electrons.